The number of rotatable bonds is 4. The Morgan fingerprint density at radius 2 is 1.46 bits per heavy atom. The lowest BCUT2D eigenvalue weighted by atomic mass is 9.69. The Morgan fingerprint density at radius 1 is 0.885 bits per heavy atom. The maximum atomic E-state index is 13.4. The Labute approximate surface area is 160 Å². The molecule has 0 saturated heterocycles. The zero-order valence-electron chi connectivity index (χ0n) is 17.2. The fourth-order valence-electron chi connectivity index (χ4n) is 6.89. The summed E-state index contributed by atoms with van der Waals surface area (Å²) in [6.45, 7) is 6.02. The third kappa shape index (κ3) is 3.29. The number of hydrogen-bond acceptors (Lipinski definition) is 1. The zero-order valence-corrected chi connectivity index (χ0v) is 17.2. The Balaban J connectivity index is 1.50. The van der Waals surface area contributed by atoms with E-state index >= 15 is 0 Å². The van der Waals surface area contributed by atoms with E-state index in [1.54, 1.807) is 0 Å². The van der Waals surface area contributed by atoms with E-state index in [0.717, 1.165) is 12.5 Å². The van der Waals surface area contributed by atoms with Gasteiger partial charge in [0.25, 0.3) is 0 Å². The van der Waals surface area contributed by atoms with Gasteiger partial charge in [-0.3, -0.25) is 0 Å². The number of amides is 2. The highest BCUT2D eigenvalue weighted by Gasteiger charge is 2.59. The fraction of sp³-hybridized carbons (Fsp3) is 0.957. The zero-order chi connectivity index (χ0) is 18.2. The van der Waals surface area contributed by atoms with Gasteiger partial charge in [-0.25, -0.2) is 4.79 Å². The minimum absolute atomic E-state index is 0.264. The van der Waals surface area contributed by atoms with E-state index in [9.17, 15) is 4.79 Å². The van der Waals surface area contributed by atoms with Gasteiger partial charge in [-0.1, -0.05) is 52.4 Å². The van der Waals surface area contributed by atoms with E-state index in [-0.39, 0.29) is 6.03 Å². The van der Waals surface area contributed by atoms with Gasteiger partial charge in [0.1, 0.15) is 0 Å². The molecule has 148 valence electrons. The summed E-state index contributed by atoms with van der Waals surface area (Å²) >= 11 is 0. The van der Waals surface area contributed by atoms with Crippen LogP contribution in [-0.4, -0.2) is 29.6 Å². The number of fused-ring (bicyclic) bond motifs is 2. The molecule has 4 rings (SSSR count). The monoisotopic (exact) mass is 360 g/mol. The normalized spacial score (nSPS) is 38.5. The van der Waals surface area contributed by atoms with Gasteiger partial charge in [0.2, 0.25) is 0 Å². The molecule has 4 saturated carbocycles. The molecule has 4 aliphatic rings. The molecule has 0 aromatic carbocycles. The maximum absolute atomic E-state index is 13.4. The molecule has 0 aromatic rings. The summed E-state index contributed by atoms with van der Waals surface area (Å²) in [6.07, 6.45) is 18.2. The lowest BCUT2D eigenvalue weighted by molar-refractivity contribution is 0.0515. The van der Waals surface area contributed by atoms with Gasteiger partial charge in [-0.05, 0) is 68.1 Å². The van der Waals surface area contributed by atoms with Gasteiger partial charge in [-0.15, -0.1) is 0 Å². The van der Waals surface area contributed by atoms with Gasteiger partial charge in [-0.2, -0.15) is 0 Å². The summed E-state index contributed by atoms with van der Waals surface area (Å²) in [4.78, 5) is 15.7. The molecule has 0 aliphatic heterocycles. The van der Waals surface area contributed by atoms with E-state index in [0.29, 0.717) is 22.9 Å². The van der Waals surface area contributed by atoms with Gasteiger partial charge in [0.05, 0.1) is 0 Å². The predicted octanol–water partition coefficient (Wildman–Crippen LogP) is 5.88. The van der Waals surface area contributed by atoms with Crippen molar-refractivity contribution in [3.05, 3.63) is 0 Å². The number of carbonyl (C=O) groups is 1. The lowest BCUT2D eigenvalue weighted by Gasteiger charge is -2.45. The van der Waals surface area contributed by atoms with Crippen LogP contribution < -0.4 is 5.32 Å². The highest BCUT2D eigenvalue weighted by Crippen LogP contribution is 2.66. The molecular formula is C23H40N2O. The summed E-state index contributed by atoms with van der Waals surface area (Å²) < 4.78 is 0. The lowest BCUT2D eigenvalue weighted by Crippen LogP contribution is -2.55. The number of hydrogen-bond donors (Lipinski definition) is 1. The SMILES string of the molecule is CC12CCC(CC1)C2(C)CN(C(=O)NC1CCCCC1)C1CCCCC1. The Hall–Kier alpha value is -0.730. The topological polar surface area (TPSA) is 32.3 Å². The number of urea groups is 1. The quantitative estimate of drug-likeness (QED) is 0.667. The molecule has 0 aromatic heterocycles. The highest BCUT2D eigenvalue weighted by atomic mass is 16.2. The Bertz CT molecular complexity index is 498. The molecular weight excluding hydrogens is 320 g/mol. The minimum Gasteiger partial charge on any atom is -0.335 e. The molecule has 1 unspecified atom stereocenters. The van der Waals surface area contributed by atoms with Crippen LogP contribution in [0, 0.1) is 16.7 Å². The first kappa shape index (κ1) is 18.6. The van der Waals surface area contributed by atoms with E-state index in [4.69, 9.17) is 0 Å². The smallest absolute Gasteiger partial charge is 0.317 e. The van der Waals surface area contributed by atoms with Crippen LogP contribution in [0.15, 0.2) is 0 Å². The van der Waals surface area contributed by atoms with Gasteiger partial charge in [0, 0.05) is 18.6 Å². The van der Waals surface area contributed by atoms with E-state index in [2.05, 4.69) is 24.1 Å². The molecule has 2 amide bonds. The second kappa shape index (κ2) is 7.36. The van der Waals surface area contributed by atoms with Crippen molar-refractivity contribution in [2.24, 2.45) is 16.7 Å². The third-order valence-corrected chi connectivity index (χ3v) is 9.08. The standard InChI is InChI=1S/C23H40N2O/c1-22-15-13-18(14-16-22)23(22,2)17-25(20-11-7-4-8-12-20)21(26)24-19-9-5-3-6-10-19/h18-20H,3-17H2,1-2H3,(H,24,26). The van der Waals surface area contributed by atoms with E-state index < -0.39 is 0 Å². The molecule has 3 heteroatoms. The van der Waals surface area contributed by atoms with Crippen LogP contribution in [0.5, 0.6) is 0 Å². The van der Waals surface area contributed by atoms with Crippen molar-refractivity contribution in [1.29, 1.82) is 0 Å². The molecule has 3 nitrogen and oxygen atoms in total. The summed E-state index contributed by atoms with van der Waals surface area (Å²) in [6, 6.07) is 1.17. The van der Waals surface area contributed by atoms with Crippen LogP contribution in [-0.2, 0) is 0 Å². The average Bonchev–Trinajstić information content (AvgIpc) is 3.05. The fourth-order valence-corrected chi connectivity index (χ4v) is 6.89. The minimum atomic E-state index is 0.264. The van der Waals surface area contributed by atoms with Gasteiger partial charge < -0.3 is 10.2 Å². The molecule has 0 spiro atoms. The molecule has 26 heavy (non-hydrogen) atoms. The van der Waals surface area contributed by atoms with Gasteiger partial charge in [0.15, 0.2) is 0 Å². The van der Waals surface area contributed by atoms with Crippen LogP contribution in [0.4, 0.5) is 4.79 Å². The molecule has 1 N–H and O–H groups in total. The Kier molecular flexibility index (Phi) is 5.27. The van der Waals surface area contributed by atoms with Crippen LogP contribution in [0.1, 0.15) is 104 Å². The number of carbonyl (C=O) groups excluding carboxylic acids is 1. The van der Waals surface area contributed by atoms with Gasteiger partial charge >= 0.3 is 6.03 Å². The van der Waals surface area contributed by atoms with Crippen molar-refractivity contribution in [3.8, 4) is 0 Å². The van der Waals surface area contributed by atoms with Crippen molar-refractivity contribution in [1.82, 2.24) is 10.2 Å². The van der Waals surface area contributed by atoms with Crippen LogP contribution in [0.3, 0.4) is 0 Å². The first-order valence-electron chi connectivity index (χ1n) is 11.6. The molecule has 1 atom stereocenters. The van der Waals surface area contributed by atoms with Crippen LogP contribution in [0.25, 0.3) is 0 Å². The van der Waals surface area contributed by atoms with Crippen LogP contribution in [0.2, 0.25) is 0 Å². The second-order valence-electron chi connectivity index (χ2n) is 10.5. The largest absolute Gasteiger partial charge is 0.335 e. The van der Waals surface area contributed by atoms with E-state index in [1.165, 1.54) is 89.9 Å². The first-order chi connectivity index (χ1) is 12.5. The van der Waals surface area contributed by atoms with Crippen molar-refractivity contribution in [3.63, 3.8) is 0 Å². The highest BCUT2D eigenvalue weighted by molar-refractivity contribution is 5.75. The maximum Gasteiger partial charge on any atom is 0.317 e. The van der Waals surface area contributed by atoms with Crippen LogP contribution >= 0.6 is 0 Å². The molecule has 4 fully saturated rings. The summed E-state index contributed by atoms with van der Waals surface area (Å²) in [7, 11) is 0. The number of nitrogens with zero attached hydrogens (tertiary/aromatic N) is 1. The Morgan fingerprint density at radius 3 is 2.00 bits per heavy atom. The van der Waals surface area contributed by atoms with Crippen molar-refractivity contribution in [2.75, 3.05) is 6.54 Å². The van der Waals surface area contributed by atoms with E-state index in [1.807, 2.05) is 0 Å². The van der Waals surface area contributed by atoms with Crippen molar-refractivity contribution < 1.29 is 4.79 Å². The second-order valence-corrected chi connectivity index (χ2v) is 10.5. The van der Waals surface area contributed by atoms with Crippen molar-refractivity contribution in [2.45, 2.75) is 116 Å². The molecule has 4 aliphatic carbocycles. The summed E-state index contributed by atoms with van der Waals surface area (Å²) in [5.74, 6) is 0.834. The molecule has 0 heterocycles. The van der Waals surface area contributed by atoms with Crippen molar-refractivity contribution >= 4 is 6.03 Å². The average molecular weight is 361 g/mol. The number of nitrogens with one attached hydrogen (secondary N) is 1. The predicted molar refractivity (Wildman–Crippen MR) is 107 cm³/mol. The summed E-state index contributed by atoms with van der Waals surface area (Å²) in [5.41, 5.74) is 0.782. The molecule has 2 bridgehead atoms. The summed E-state index contributed by atoms with van der Waals surface area (Å²) in [5, 5.41) is 3.46. The third-order valence-electron chi connectivity index (χ3n) is 9.08. The molecule has 0 radical (unpaired) electrons. The first-order valence-corrected chi connectivity index (χ1v) is 11.6.